The van der Waals surface area contributed by atoms with Crippen molar-refractivity contribution in [2.45, 2.75) is 78.6 Å². The number of hydrogen-bond donors (Lipinski definition) is 0. The Labute approximate surface area is 449 Å². The summed E-state index contributed by atoms with van der Waals surface area (Å²) in [5, 5.41) is 2.38. The summed E-state index contributed by atoms with van der Waals surface area (Å²) >= 11 is 0. The summed E-state index contributed by atoms with van der Waals surface area (Å²) in [6.07, 6.45) is 3.05. The maximum atomic E-state index is 6.69. The lowest BCUT2D eigenvalue weighted by Gasteiger charge is -2.46. The van der Waals surface area contributed by atoms with Gasteiger partial charge in [-0.15, -0.1) is 0 Å². The second kappa shape index (κ2) is 18.5. The molecule has 0 saturated carbocycles. The molecular formula is C72H63BN2O. The van der Waals surface area contributed by atoms with Crippen LogP contribution in [0.2, 0.25) is 0 Å². The first-order chi connectivity index (χ1) is 36.9. The zero-order valence-electron chi connectivity index (χ0n) is 44.8. The molecule has 4 heteroatoms. The molecular weight excluding hydrogens is 920 g/mol. The van der Waals surface area contributed by atoms with Gasteiger partial charge in [-0.2, -0.15) is 0 Å². The zero-order valence-corrected chi connectivity index (χ0v) is 44.8. The number of unbranched alkanes of at least 4 members (excludes halogenated alkanes) is 1. The Bertz CT molecular complexity index is 3930. The second-order valence-electron chi connectivity index (χ2n) is 23.1. The molecule has 0 unspecified atom stereocenters. The van der Waals surface area contributed by atoms with Gasteiger partial charge >= 0.3 is 0 Å². The van der Waals surface area contributed by atoms with Crippen LogP contribution in [0.1, 0.15) is 78.0 Å². The molecule has 0 radical (unpaired) electrons. The highest BCUT2D eigenvalue weighted by Gasteiger charge is 2.46. The molecule has 0 N–H and O–H groups in total. The van der Waals surface area contributed by atoms with Crippen molar-refractivity contribution in [3.63, 3.8) is 0 Å². The van der Waals surface area contributed by atoms with Crippen molar-refractivity contribution >= 4 is 79.2 Å². The summed E-state index contributed by atoms with van der Waals surface area (Å²) in [4.78, 5) is 5.34. The molecule has 0 fully saturated rings. The van der Waals surface area contributed by atoms with Gasteiger partial charge in [0.1, 0.15) is 11.2 Å². The molecule has 3 heterocycles. The van der Waals surface area contributed by atoms with Crippen LogP contribution in [-0.4, -0.2) is 6.71 Å². The molecule has 0 spiro atoms. The average Bonchev–Trinajstić information content (AvgIpc) is 3.94. The summed E-state index contributed by atoms with van der Waals surface area (Å²) in [6, 6.07) is 81.9. The third-order valence-electron chi connectivity index (χ3n) is 16.2. The maximum absolute atomic E-state index is 6.69. The van der Waals surface area contributed by atoms with E-state index in [1.807, 2.05) is 0 Å². The minimum atomic E-state index is -0.205. The van der Waals surface area contributed by atoms with Gasteiger partial charge in [0.25, 0.3) is 6.71 Å². The van der Waals surface area contributed by atoms with Gasteiger partial charge in [-0.3, -0.25) is 0 Å². The zero-order chi connectivity index (χ0) is 51.9. The fraction of sp³-hybridized carbons (Fsp3) is 0.167. The fourth-order valence-corrected chi connectivity index (χ4v) is 12.2. The number of furan rings is 1. The van der Waals surface area contributed by atoms with Gasteiger partial charge in [0.05, 0.1) is 11.4 Å². The Morgan fingerprint density at radius 1 is 0.408 bits per heavy atom. The van der Waals surface area contributed by atoms with Crippen molar-refractivity contribution in [3.05, 3.63) is 235 Å². The van der Waals surface area contributed by atoms with Crippen molar-refractivity contribution in [3.8, 4) is 44.5 Å². The van der Waals surface area contributed by atoms with Gasteiger partial charge in [0, 0.05) is 44.6 Å². The molecule has 10 aromatic carbocycles. The number of aryl methyl sites for hydroxylation is 1. The van der Waals surface area contributed by atoms with E-state index < -0.39 is 0 Å². The number of para-hydroxylation sites is 1. The van der Waals surface area contributed by atoms with Crippen LogP contribution in [0.4, 0.5) is 34.1 Å². The predicted molar refractivity (Wildman–Crippen MR) is 325 cm³/mol. The number of anilines is 6. The van der Waals surface area contributed by atoms with Gasteiger partial charge in [-0.05, 0) is 145 Å². The predicted octanol–water partition coefficient (Wildman–Crippen LogP) is 18.3. The Morgan fingerprint density at radius 2 is 0.868 bits per heavy atom. The Morgan fingerprint density at radius 3 is 1.39 bits per heavy atom. The van der Waals surface area contributed by atoms with Crippen LogP contribution in [0.25, 0.3) is 66.4 Å². The van der Waals surface area contributed by atoms with Crippen LogP contribution in [-0.2, 0) is 17.3 Å². The lowest BCUT2D eigenvalue weighted by molar-refractivity contribution is 0.590. The first kappa shape index (κ1) is 47.4. The van der Waals surface area contributed by atoms with Gasteiger partial charge in [0.2, 0.25) is 0 Å². The average molecular weight is 983 g/mol. The van der Waals surface area contributed by atoms with Crippen molar-refractivity contribution in [1.82, 2.24) is 0 Å². The Kier molecular flexibility index (Phi) is 11.5. The third-order valence-corrected chi connectivity index (χ3v) is 16.2. The fourth-order valence-electron chi connectivity index (χ4n) is 12.2. The second-order valence-corrected chi connectivity index (χ2v) is 23.1. The molecule has 11 aromatic rings. The number of hydrogen-bond acceptors (Lipinski definition) is 3. The highest BCUT2D eigenvalue weighted by molar-refractivity contribution is 7.00. The molecule has 13 rings (SSSR count). The third kappa shape index (κ3) is 7.97. The molecule has 0 bridgehead atoms. The molecule has 2 aliphatic heterocycles. The van der Waals surface area contributed by atoms with E-state index >= 15 is 0 Å². The van der Waals surface area contributed by atoms with Crippen LogP contribution in [0.3, 0.4) is 0 Å². The molecule has 76 heavy (non-hydrogen) atoms. The van der Waals surface area contributed by atoms with E-state index in [0.29, 0.717) is 0 Å². The molecule has 2 aliphatic rings. The van der Waals surface area contributed by atoms with Crippen LogP contribution in [0.15, 0.2) is 223 Å². The van der Waals surface area contributed by atoms with E-state index in [9.17, 15) is 0 Å². The van der Waals surface area contributed by atoms with Crippen LogP contribution < -0.4 is 26.2 Å². The van der Waals surface area contributed by atoms with E-state index in [-0.39, 0.29) is 17.5 Å². The van der Waals surface area contributed by atoms with Crippen molar-refractivity contribution < 1.29 is 4.42 Å². The first-order valence-electron chi connectivity index (χ1n) is 27.3. The molecule has 370 valence electrons. The number of fused-ring (bicyclic) bond motifs is 7. The maximum Gasteiger partial charge on any atom is 0.252 e. The molecule has 0 saturated heterocycles. The number of rotatable bonds is 9. The lowest BCUT2D eigenvalue weighted by Crippen LogP contribution is -2.61. The van der Waals surface area contributed by atoms with Crippen LogP contribution in [0.5, 0.6) is 0 Å². The normalized spacial score (nSPS) is 13.0. The topological polar surface area (TPSA) is 19.6 Å². The Hall–Kier alpha value is -8.34. The van der Waals surface area contributed by atoms with Crippen molar-refractivity contribution in [2.24, 2.45) is 0 Å². The molecule has 0 amide bonds. The minimum absolute atomic E-state index is 0.115. The number of nitrogens with zero attached hydrogens (tertiary/aromatic N) is 2. The van der Waals surface area contributed by atoms with Crippen LogP contribution in [0, 0.1) is 0 Å². The molecule has 0 atom stereocenters. The standard InChI is InChI=1S/C72H63BN2O/c1-8-9-32-55-61(39-40-67-68(55)56-33-22-23-34-66(56)76-67)74-62-37-35-51(47-24-14-10-15-25-47)41-59(62)73-60-42-52(48-26-16-11-17-27-48)36-38-63(60)75(65-46-54(72(5,6)7)45-64(74)69(65)73)70-57(49-28-18-12-19-29-49)43-53(71(2,3)4)44-58(70)50-30-20-13-21-31-50/h10-31,33-46H,8-9,32H2,1-7H3. The SMILES string of the molecule is CCCCc1c(N2c3ccc(-c4ccccc4)cc3B3c4cc(-c5ccccc5)ccc4N(c4c(-c5ccccc5)cc(C(C)(C)C)cc4-c4ccccc4)c4cc(C(C)(C)C)cc2c43)ccc2oc3ccccc3c12. The van der Waals surface area contributed by atoms with Crippen LogP contribution >= 0.6 is 0 Å². The summed E-state index contributed by atoms with van der Waals surface area (Å²) in [5.74, 6) is 0. The summed E-state index contributed by atoms with van der Waals surface area (Å²) < 4.78 is 6.69. The quantitative estimate of drug-likeness (QED) is 0.134. The van der Waals surface area contributed by atoms with Gasteiger partial charge in [0.15, 0.2) is 0 Å². The van der Waals surface area contributed by atoms with Crippen molar-refractivity contribution in [1.29, 1.82) is 0 Å². The van der Waals surface area contributed by atoms with Gasteiger partial charge in [-0.25, -0.2) is 0 Å². The molecule has 0 aliphatic carbocycles. The summed E-state index contributed by atoms with van der Waals surface area (Å²) in [7, 11) is 0. The van der Waals surface area contributed by atoms with E-state index in [1.54, 1.807) is 0 Å². The minimum Gasteiger partial charge on any atom is -0.456 e. The van der Waals surface area contributed by atoms with E-state index in [2.05, 4.69) is 277 Å². The Balaban J connectivity index is 1.21. The van der Waals surface area contributed by atoms with E-state index in [1.165, 1.54) is 122 Å². The number of benzene rings is 10. The summed E-state index contributed by atoms with van der Waals surface area (Å²) in [6.45, 7) is 16.3. The molecule has 1 aromatic heterocycles. The van der Waals surface area contributed by atoms with E-state index in [0.717, 1.165) is 30.4 Å². The van der Waals surface area contributed by atoms with Gasteiger partial charge < -0.3 is 14.2 Å². The first-order valence-corrected chi connectivity index (χ1v) is 27.3. The largest absolute Gasteiger partial charge is 0.456 e. The highest BCUT2D eigenvalue weighted by atomic mass is 16.3. The van der Waals surface area contributed by atoms with Crippen molar-refractivity contribution in [2.75, 3.05) is 9.80 Å². The summed E-state index contributed by atoms with van der Waals surface area (Å²) in [5.41, 5.74) is 26.1. The molecule has 3 nitrogen and oxygen atoms in total. The lowest BCUT2D eigenvalue weighted by atomic mass is 9.33. The van der Waals surface area contributed by atoms with Gasteiger partial charge in [-0.1, -0.05) is 219 Å². The van der Waals surface area contributed by atoms with E-state index in [4.69, 9.17) is 4.42 Å². The highest BCUT2D eigenvalue weighted by Crippen LogP contribution is 2.53. The monoisotopic (exact) mass is 983 g/mol. The smallest absolute Gasteiger partial charge is 0.252 e.